The molecule has 0 saturated heterocycles. The highest BCUT2D eigenvalue weighted by Crippen LogP contribution is 2.25. The predicted molar refractivity (Wildman–Crippen MR) is 76.5 cm³/mol. The average molecular weight is 291 g/mol. The summed E-state index contributed by atoms with van der Waals surface area (Å²) in [6, 6.07) is 9.68. The fraction of sp³-hybridized carbons (Fsp3) is 0.188. The van der Waals surface area contributed by atoms with E-state index in [0.717, 1.165) is 17.2 Å². The molecule has 5 heteroatoms. The molecule has 2 rings (SSSR count). The maximum absolute atomic E-state index is 13.9. The van der Waals surface area contributed by atoms with E-state index in [0.29, 0.717) is 0 Å². The first-order chi connectivity index (χ1) is 9.90. The minimum Gasteiger partial charge on any atom is -0.478 e. The summed E-state index contributed by atoms with van der Waals surface area (Å²) in [6.07, 6.45) is 0. The summed E-state index contributed by atoms with van der Waals surface area (Å²) in [7, 11) is 0. The smallest absolute Gasteiger partial charge is 0.338 e. The molecule has 0 aliphatic rings. The minimum atomic E-state index is -1.50. The molecule has 0 bridgehead atoms. The standard InChI is InChI=1S/C16H15F2NO2/c1-9-3-5-11(6-4-9)10(2)19-13-8-7-12(16(20)21)14(17)15(13)18/h3-8,10,19H,1-2H3,(H,20,21). The molecule has 0 spiro atoms. The number of benzene rings is 2. The zero-order chi connectivity index (χ0) is 15.6. The molecule has 0 aromatic heterocycles. The van der Waals surface area contributed by atoms with Crippen LogP contribution in [0.2, 0.25) is 0 Å². The molecule has 0 heterocycles. The summed E-state index contributed by atoms with van der Waals surface area (Å²) >= 11 is 0. The van der Waals surface area contributed by atoms with Gasteiger partial charge < -0.3 is 10.4 Å². The van der Waals surface area contributed by atoms with Gasteiger partial charge in [-0.25, -0.2) is 13.6 Å². The van der Waals surface area contributed by atoms with Crippen molar-refractivity contribution in [2.45, 2.75) is 19.9 Å². The second kappa shape index (κ2) is 5.91. The predicted octanol–water partition coefficient (Wildman–Crippen LogP) is 4.14. The molecule has 0 amide bonds. The summed E-state index contributed by atoms with van der Waals surface area (Å²) < 4.78 is 27.5. The number of aromatic carboxylic acids is 1. The Balaban J connectivity index is 2.25. The van der Waals surface area contributed by atoms with Crippen molar-refractivity contribution in [3.63, 3.8) is 0 Å². The minimum absolute atomic E-state index is 0.0643. The summed E-state index contributed by atoms with van der Waals surface area (Å²) in [5.74, 6) is -4.04. The van der Waals surface area contributed by atoms with Gasteiger partial charge in [0.05, 0.1) is 11.3 Å². The van der Waals surface area contributed by atoms with Crippen LogP contribution in [0, 0.1) is 18.6 Å². The molecule has 0 radical (unpaired) electrons. The number of carboxylic acids is 1. The normalized spacial score (nSPS) is 12.0. The summed E-state index contributed by atoms with van der Waals surface area (Å²) in [6.45, 7) is 3.77. The van der Waals surface area contributed by atoms with Crippen LogP contribution in [0.4, 0.5) is 14.5 Å². The molecule has 0 fully saturated rings. The van der Waals surface area contributed by atoms with Crippen molar-refractivity contribution in [2.75, 3.05) is 5.32 Å². The van der Waals surface area contributed by atoms with Crippen LogP contribution in [-0.4, -0.2) is 11.1 Å². The van der Waals surface area contributed by atoms with Crippen molar-refractivity contribution >= 4 is 11.7 Å². The number of anilines is 1. The van der Waals surface area contributed by atoms with Crippen molar-refractivity contribution in [3.8, 4) is 0 Å². The number of aryl methyl sites for hydroxylation is 1. The van der Waals surface area contributed by atoms with Crippen LogP contribution in [-0.2, 0) is 0 Å². The van der Waals surface area contributed by atoms with Gasteiger partial charge in [0.2, 0.25) is 0 Å². The number of rotatable bonds is 4. The fourth-order valence-electron chi connectivity index (χ4n) is 2.00. The van der Waals surface area contributed by atoms with E-state index in [1.807, 2.05) is 38.1 Å². The van der Waals surface area contributed by atoms with Crippen LogP contribution in [0.15, 0.2) is 36.4 Å². The number of nitrogens with one attached hydrogen (secondary N) is 1. The number of hydrogen-bond donors (Lipinski definition) is 2. The lowest BCUT2D eigenvalue weighted by Gasteiger charge is -2.17. The topological polar surface area (TPSA) is 49.3 Å². The summed E-state index contributed by atoms with van der Waals surface area (Å²) in [5.41, 5.74) is 1.28. The number of carboxylic acid groups (broad SMARTS) is 1. The third kappa shape index (κ3) is 3.18. The molecule has 110 valence electrons. The van der Waals surface area contributed by atoms with Crippen LogP contribution < -0.4 is 5.32 Å². The number of halogens is 2. The molecule has 2 aromatic rings. The van der Waals surface area contributed by atoms with Crippen molar-refractivity contribution in [2.24, 2.45) is 0 Å². The van der Waals surface area contributed by atoms with Crippen LogP contribution in [0.1, 0.15) is 34.5 Å². The first-order valence-corrected chi connectivity index (χ1v) is 6.44. The Labute approximate surface area is 121 Å². The summed E-state index contributed by atoms with van der Waals surface area (Å²) in [5, 5.41) is 11.6. The Morgan fingerprint density at radius 1 is 1.10 bits per heavy atom. The molecule has 3 nitrogen and oxygen atoms in total. The molecular formula is C16H15F2NO2. The highest BCUT2D eigenvalue weighted by molar-refractivity contribution is 5.88. The maximum atomic E-state index is 13.9. The molecule has 1 atom stereocenters. The van der Waals surface area contributed by atoms with Crippen LogP contribution in [0.3, 0.4) is 0 Å². The average Bonchev–Trinajstić information content (AvgIpc) is 2.44. The van der Waals surface area contributed by atoms with E-state index < -0.39 is 23.2 Å². The van der Waals surface area contributed by atoms with Gasteiger partial charge in [0.1, 0.15) is 0 Å². The van der Waals surface area contributed by atoms with Gasteiger partial charge in [0.25, 0.3) is 0 Å². The molecule has 1 unspecified atom stereocenters. The van der Waals surface area contributed by atoms with Gasteiger partial charge in [-0.3, -0.25) is 0 Å². The third-order valence-corrected chi connectivity index (χ3v) is 3.26. The van der Waals surface area contributed by atoms with E-state index in [4.69, 9.17) is 5.11 Å². The van der Waals surface area contributed by atoms with E-state index in [9.17, 15) is 13.6 Å². The monoisotopic (exact) mass is 291 g/mol. The Kier molecular flexibility index (Phi) is 4.21. The zero-order valence-corrected chi connectivity index (χ0v) is 11.7. The van der Waals surface area contributed by atoms with Crippen LogP contribution in [0.25, 0.3) is 0 Å². The lowest BCUT2D eigenvalue weighted by atomic mass is 10.1. The molecule has 0 saturated carbocycles. The Morgan fingerprint density at radius 3 is 2.29 bits per heavy atom. The third-order valence-electron chi connectivity index (χ3n) is 3.26. The highest BCUT2D eigenvalue weighted by atomic mass is 19.2. The van der Waals surface area contributed by atoms with Gasteiger partial charge in [-0.1, -0.05) is 29.8 Å². The van der Waals surface area contributed by atoms with Crippen LogP contribution in [0.5, 0.6) is 0 Å². The second-order valence-corrected chi connectivity index (χ2v) is 4.87. The lowest BCUT2D eigenvalue weighted by Crippen LogP contribution is -2.11. The first kappa shape index (κ1) is 15.0. The number of hydrogen-bond acceptors (Lipinski definition) is 2. The molecule has 21 heavy (non-hydrogen) atoms. The van der Waals surface area contributed by atoms with Gasteiger partial charge >= 0.3 is 5.97 Å². The van der Waals surface area contributed by atoms with E-state index >= 15 is 0 Å². The van der Waals surface area contributed by atoms with E-state index in [1.165, 1.54) is 6.07 Å². The maximum Gasteiger partial charge on any atom is 0.338 e. The van der Waals surface area contributed by atoms with Gasteiger partial charge in [-0.2, -0.15) is 0 Å². The van der Waals surface area contributed by atoms with E-state index in [2.05, 4.69) is 5.32 Å². The molecular weight excluding hydrogens is 276 g/mol. The van der Waals surface area contributed by atoms with Gasteiger partial charge in [0.15, 0.2) is 11.6 Å². The first-order valence-electron chi connectivity index (χ1n) is 6.44. The zero-order valence-electron chi connectivity index (χ0n) is 11.7. The second-order valence-electron chi connectivity index (χ2n) is 4.87. The van der Waals surface area contributed by atoms with Gasteiger partial charge in [-0.15, -0.1) is 0 Å². The summed E-state index contributed by atoms with van der Waals surface area (Å²) in [4.78, 5) is 10.7. The fourth-order valence-corrected chi connectivity index (χ4v) is 2.00. The Bertz CT molecular complexity index is 669. The van der Waals surface area contributed by atoms with Crippen molar-refractivity contribution in [1.82, 2.24) is 0 Å². The SMILES string of the molecule is Cc1ccc(C(C)Nc2ccc(C(=O)O)c(F)c2F)cc1. The molecule has 2 aromatic carbocycles. The molecule has 0 aliphatic carbocycles. The van der Waals surface area contributed by atoms with Crippen molar-refractivity contribution < 1.29 is 18.7 Å². The van der Waals surface area contributed by atoms with Gasteiger partial charge in [0, 0.05) is 6.04 Å². The molecule has 0 aliphatic heterocycles. The van der Waals surface area contributed by atoms with Crippen LogP contribution >= 0.6 is 0 Å². The number of carbonyl (C=O) groups is 1. The largest absolute Gasteiger partial charge is 0.478 e. The van der Waals surface area contributed by atoms with E-state index in [1.54, 1.807) is 0 Å². The van der Waals surface area contributed by atoms with Crippen molar-refractivity contribution in [1.29, 1.82) is 0 Å². The van der Waals surface area contributed by atoms with E-state index in [-0.39, 0.29) is 11.7 Å². The quantitative estimate of drug-likeness (QED) is 0.890. The Hall–Kier alpha value is -2.43. The van der Waals surface area contributed by atoms with Crippen molar-refractivity contribution in [3.05, 3.63) is 64.7 Å². The Morgan fingerprint density at radius 2 is 1.71 bits per heavy atom. The molecule has 2 N–H and O–H groups in total. The van der Waals surface area contributed by atoms with Gasteiger partial charge in [-0.05, 0) is 31.5 Å². The lowest BCUT2D eigenvalue weighted by molar-refractivity contribution is 0.0690. The highest BCUT2D eigenvalue weighted by Gasteiger charge is 2.19.